The second-order valence-electron chi connectivity index (χ2n) is 7.28. The standard InChI is InChI=1S/C22H28N2O4S/c1-2-18-8-10-21(11-9-18)29(26,27)23-16-19-12-14-24(15-13-19)22(25)17-28-20-6-4-3-5-7-20/h3-11,19,23H,2,12-17H2,1H3. The summed E-state index contributed by atoms with van der Waals surface area (Å²) in [6, 6.07) is 16.3. The van der Waals surface area contributed by atoms with E-state index in [2.05, 4.69) is 4.72 Å². The number of rotatable bonds is 8. The van der Waals surface area contributed by atoms with Crippen LogP contribution in [-0.2, 0) is 21.2 Å². The molecule has 29 heavy (non-hydrogen) atoms. The summed E-state index contributed by atoms with van der Waals surface area (Å²) in [6.07, 6.45) is 2.42. The number of ether oxygens (including phenoxy) is 1. The fraction of sp³-hybridized carbons (Fsp3) is 0.409. The van der Waals surface area contributed by atoms with Gasteiger partial charge in [-0.05, 0) is 55.0 Å². The van der Waals surface area contributed by atoms with Crippen LogP contribution in [0.25, 0.3) is 0 Å². The lowest BCUT2D eigenvalue weighted by molar-refractivity contribution is -0.134. The number of piperidine rings is 1. The summed E-state index contributed by atoms with van der Waals surface area (Å²) in [4.78, 5) is 14.4. The SMILES string of the molecule is CCc1ccc(S(=O)(=O)NCC2CCN(C(=O)COc3ccccc3)CC2)cc1. The molecule has 0 radical (unpaired) electrons. The van der Waals surface area contributed by atoms with Crippen molar-refractivity contribution in [2.75, 3.05) is 26.2 Å². The molecular weight excluding hydrogens is 388 g/mol. The molecule has 0 atom stereocenters. The molecule has 7 heteroatoms. The molecular formula is C22H28N2O4S. The molecule has 0 aromatic heterocycles. The first kappa shape index (κ1) is 21.3. The van der Waals surface area contributed by atoms with E-state index >= 15 is 0 Å². The Morgan fingerprint density at radius 1 is 1.07 bits per heavy atom. The van der Waals surface area contributed by atoms with Crippen LogP contribution in [0.1, 0.15) is 25.3 Å². The molecule has 1 heterocycles. The smallest absolute Gasteiger partial charge is 0.260 e. The molecule has 0 unspecified atom stereocenters. The highest BCUT2D eigenvalue weighted by molar-refractivity contribution is 7.89. The van der Waals surface area contributed by atoms with E-state index in [1.54, 1.807) is 17.0 Å². The molecule has 1 saturated heterocycles. The van der Waals surface area contributed by atoms with Gasteiger partial charge in [-0.25, -0.2) is 13.1 Å². The van der Waals surface area contributed by atoms with Crippen LogP contribution >= 0.6 is 0 Å². The Morgan fingerprint density at radius 3 is 2.34 bits per heavy atom. The average molecular weight is 417 g/mol. The Morgan fingerprint density at radius 2 is 1.72 bits per heavy atom. The number of aryl methyl sites for hydroxylation is 1. The zero-order valence-electron chi connectivity index (χ0n) is 16.7. The second kappa shape index (κ2) is 9.89. The first-order chi connectivity index (χ1) is 14.0. The fourth-order valence-electron chi connectivity index (χ4n) is 3.35. The topological polar surface area (TPSA) is 75.7 Å². The molecule has 2 aromatic carbocycles. The van der Waals surface area contributed by atoms with Crippen LogP contribution in [0, 0.1) is 5.92 Å². The number of para-hydroxylation sites is 1. The highest BCUT2D eigenvalue weighted by atomic mass is 32.2. The average Bonchev–Trinajstić information content (AvgIpc) is 2.77. The van der Waals surface area contributed by atoms with Crippen molar-refractivity contribution in [2.24, 2.45) is 5.92 Å². The van der Waals surface area contributed by atoms with Gasteiger partial charge in [-0.2, -0.15) is 0 Å². The minimum absolute atomic E-state index is 0.0229. The van der Waals surface area contributed by atoms with E-state index in [0.29, 0.717) is 30.3 Å². The van der Waals surface area contributed by atoms with Gasteiger partial charge in [-0.3, -0.25) is 4.79 Å². The number of likely N-dealkylation sites (tertiary alicyclic amines) is 1. The molecule has 0 spiro atoms. The van der Waals surface area contributed by atoms with Gasteiger partial charge in [0.2, 0.25) is 10.0 Å². The first-order valence-electron chi connectivity index (χ1n) is 10.0. The van der Waals surface area contributed by atoms with Crippen LogP contribution in [0.3, 0.4) is 0 Å². The van der Waals surface area contributed by atoms with E-state index in [1.165, 1.54) is 0 Å². The van der Waals surface area contributed by atoms with Crippen molar-refractivity contribution in [1.29, 1.82) is 0 Å². The molecule has 6 nitrogen and oxygen atoms in total. The lowest BCUT2D eigenvalue weighted by atomic mass is 9.97. The van der Waals surface area contributed by atoms with E-state index in [1.807, 2.05) is 49.4 Å². The van der Waals surface area contributed by atoms with Gasteiger partial charge in [-0.1, -0.05) is 37.3 Å². The van der Waals surface area contributed by atoms with Gasteiger partial charge in [0.15, 0.2) is 6.61 Å². The number of hydrogen-bond donors (Lipinski definition) is 1. The zero-order chi connectivity index (χ0) is 20.7. The molecule has 2 aromatic rings. The van der Waals surface area contributed by atoms with Gasteiger partial charge in [0, 0.05) is 19.6 Å². The molecule has 1 fully saturated rings. The summed E-state index contributed by atoms with van der Waals surface area (Å²) < 4.78 is 33.2. The van der Waals surface area contributed by atoms with Crippen LogP contribution < -0.4 is 9.46 Å². The van der Waals surface area contributed by atoms with E-state index in [-0.39, 0.29) is 18.4 Å². The van der Waals surface area contributed by atoms with E-state index in [0.717, 1.165) is 24.8 Å². The molecule has 3 rings (SSSR count). The van der Waals surface area contributed by atoms with Gasteiger partial charge < -0.3 is 9.64 Å². The van der Waals surface area contributed by atoms with Gasteiger partial charge in [0.25, 0.3) is 5.91 Å². The van der Waals surface area contributed by atoms with Crippen molar-refractivity contribution >= 4 is 15.9 Å². The fourth-order valence-corrected chi connectivity index (χ4v) is 4.47. The quantitative estimate of drug-likeness (QED) is 0.718. The summed E-state index contributed by atoms with van der Waals surface area (Å²) in [5.74, 6) is 0.861. The number of carbonyl (C=O) groups excluding carboxylic acids is 1. The number of sulfonamides is 1. The van der Waals surface area contributed by atoms with E-state index in [9.17, 15) is 13.2 Å². The molecule has 156 valence electrons. The first-order valence-corrected chi connectivity index (χ1v) is 11.5. The number of carbonyl (C=O) groups is 1. The van der Waals surface area contributed by atoms with Gasteiger partial charge in [0.1, 0.15) is 5.75 Å². The number of amides is 1. The van der Waals surface area contributed by atoms with Crippen molar-refractivity contribution in [1.82, 2.24) is 9.62 Å². The highest BCUT2D eigenvalue weighted by Gasteiger charge is 2.24. The number of hydrogen-bond acceptors (Lipinski definition) is 4. The molecule has 0 aliphatic carbocycles. The van der Waals surface area contributed by atoms with Crippen molar-refractivity contribution in [3.8, 4) is 5.75 Å². The number of nitrogens with zero attached hydrogens (tertiary/aromatic N) is 1. The minimum Gasteiger partial charge on any atom is -0.484 e. The van der Waals surface area contributed by atoms with Crippen molar-refractivity contribution < 1.29 is 17.9 Å². The van der Waals surface area contributed by atoms with E-state index in [4.69, 9.17) is 4.74 Å². The highest BCUT2D eigenvalue weighted by Crippen LogP contribution is 2.18. The molecule has 1 aliphatic rings. The predicted octanol–water partition coefficient (Wildman–Crippen LogP) is 2.84. The maximum atomic E-state index is 12.5. The third kappa shape index (κ3) is 6.05. The van der Waals surface area contributed by atoms with E-state index < -0.39 is 10.0 Å². The predicted molar refractivity (Wildman–Crippen MR) is 112 cm³/mol. The summed E-state index contributed by atoms with van der Waals surface area (Å²) >= 11 is 0. The molecule has 1 aliphatic heterocycles. The van der Waals surface area contributed by atoms with Crippen LogP contribution in [0.4, 0.5) is 0 Å². The van der Waals surface area contributed by atoms with Crippen LogP contribution in [0.5, 0.6) is 5.75 Å². The Bertz CT molecular complexity index is 890. The molecule has 1 amide bonds. The summed E-state index contributed by atoms with van der Waals surface area (Å²) in [7, 11) is -3.50. The van der Waals surface area contributed by atoms with Gasteiger partial charge in [0.05, 0.1) is 4.90 Å². The van der Waals surface area contributed by atoms with Gasteiger partial charge in [-0.15, -0.1) is 0 Å². The largest absolute Gasteiger partial charge is 0.484 e. The minimum atomic E-state index is -3.50. The molecule has 0 saturated carbocycles. The van der Waals surface area contributed by atoms with Crippen molar-refractivity contribution in [3.05, 3.63) is 60.2 Å². The Labute approximate surface area is 172 Å². The number of benzene rings is 2. The third-order valence-electron chi connectivity index (χ3n) is 5.28. The lowest BCUT2D eigenvalue weighted by Gasteiger charge is -2.32. The second-order valence-corrected chi connectivity index (χ2v) is 9.04. The molecule has 0 bridgehead atoms. The van der Waals surface area contributed by atoms with Crippen molar-refractivity contribution in [2.45, 2.75) is 31.1 Å². The monoisotopic (exact) mass is 416 g/mol. The summed E-state index contributed by atoms with van der Waals surface area (Å²) in [5, 5.41) is 0. The van der Waals surface area contributed by atoms with Gasteiger partial charge >= 0.3 is 0 Å². The lowest BCUT2D eigenvalue weighted by Crippen LogP contribution is -2.43. The Balaban J connectivity index is 1.42. The van der Waals surface area contributed by atoms with Crippen LogP contribution in [0.2, 0.25) is 0 Å². The van der Waals surface area contributed by atoms with Crippen LogP contribution in [0.15, 0.2) is 59.5 Å². The maximum Gasteiger partial charge on any atom is 0.260 e. The Hall–Kier alpha value is -2.38. The molecule has 1 N–H and O–H groups in total. The van der Waals surface area contributed by atoms with Crippen LogP contribution in [-0.4, -0.2) is 45.5 Å². The van der Waals surface area contributed by atoms with Crippen molar-refractivity contribution in [3.63, 3.8) is 0 Å². The number of nitrogens with one attached hydrogen (secondary N) is 1. The third-order valence-corrected chi connectivity index (χ3v) is 6.72. The maximum absolute atomic E-state index is 12.5. The Kier molecular flexibility index (Phi) is 7.28. The zero-order valence-corrected chi connectivity index (χ0v) is 17.5. The normalized spacial score (nSPS) is 15.3. The summed E-state index contributed by atoms with van der Waals surface area (Å²) in [6.45, 7) is 3.69. The summed E-state index contributed by atoms with van der Waals surface area (Å²) in [5.41, 5.74) is 1.11.